The Hall–Kier alpha value is -4.72. The van der Waals surface area contributed by atoms with E-state index in [0.717, 1.165) is 17.0 Å². The maximum atomic E-state index is 13.8. The van der Waals surface area contributed by atoms with E-state index in [9.17, 15) is 14.7 Å². The van der Waals surface area contributed by atoms with Crippen LogP contribution in [0.4, 0.5) is 0 Å². The molecule has 0 spiro atoms. The first kappa shape index (κ1) is 27.8. The van der Waals surface area contributed by atoms with E-state index in [1.54, 1.807) is 19.2 Å². The van der Waals surface area contributed by atoms with Crippen LogP contribution in [0.3, 0.4) is 0 Å². The number of nitrogens with one attached hydrogen (secondary N) is 1. The van der Waals surface area contributed by atoms with E-state index in [0.29, 0.717) is 41.0 Å². The number of carbonyl (C=O) groups excluding carboxylic acids is 2. The van der Waals surface area contributed by atoms with Gasteiger partial charge in [-0.25, -0.2) is 4.79 Å². The summed E-state index contributed by atoms with van der Waals surface area (Å²) in [6, 6.07) is 21.9. The summed E-state index contributed by atoms with van der Waals surface area (Å²) in [6.07, 6.45) is 0.897. The SMILES string of the molecule is COc1ccc([C@H]2CC(=O)C3=C(C2)NC(C)=C(C(=O)OCCOc2ccccc2)[C@H]3c2ccc(O)c(OC)c2)cc1. The van der Waals surface area contributed by atoms with E-state index in [1.165, 1.54) is 13.2 Å². The first-order chi connectivity index (χ1) is 19.9. The molecule has 0 saturated heterocycles. The molecule has 0 aromatic heterocycles. The highest BCUT2D eigenvalue weighted by molar-refractivity contribution is 6.04. The van der Waals surface area contributed by atoms with Crippen molar-refractivity contribution in [1.82, 2.24) is 5.32 Å². The Kier molecular flexibility index (Phi) is 8.29. The third-order valence-electron chi connectivity index (χ3n) is 7.50. The molecule has 2 atom stereocenters. The lowest BCUT2D eigenvalue weighted by Crippen LogP contribution is -2.36. The van der Waals surface area contributed by atoms with Gasteiger partial charge in [-0.3, -0.25) is 4.79 Å². The summed E-state index contributed by atoms with van der Waals surface area (Å²) in [5.41, 5.74) is 3.95. The minimum Gasteiger partial charge on any atom is -0.504 e. The summed E-state index contributed by atoms with van der Waals surface area (Å²) in [5.74, 6) is 0.354. The predicted molar refractivity (Wildman–Crippen MR) is 153 cm³/mol. The van der Waals surface area contributed by atoms with E-state index in [1.807, 2.05) is 61.5 Å². The van der Waals surface area contributed by atoms with Crippen molar-refractivity contribution < 1.29 is 33.6 Å². The molecule has 8 nitrogen and oxygen atoms in total. The van der Waals surface area contributed by atoms with Crippen LogP contribution in [0.1, 0.15) is 42.7 Å². The van der Waals surface area contributed by atoms with Crippen molar-refractivity contribution >= 4 is 11.8 Å². The fourth-order valence-electron chi connectivity index (χ4n) is 5.52. The number of hydrogen-bond acceptors (Lipinski definition) is 8. The Bertz CT molecular complexity index is 1490. The standard InChI is InChI=1S/C33H33NO7/c1-20-30(33(37)41-16-15-40-25-7-5-4-6-8-25)31(22-11-14-27(35)29(19-22)39-3)32-26(34-20)17-23(18-28(32)36)21-9-12-24(38-2)13-10-21/h4-14,19,23,31,34-35H,15-18H2,1-3H3/t23-,31-/m1/s1. The Balaban J connectivity index is 1.44. The summed E-state index contributed by atoms with van der Waals surface area (Å²) in [6.45, 7) is 2.03. The van der Waals surface area contributed by atoms with Crippen LogP contribution in [0, 0.1) is 0 Å². The number of Topliss-reactive ketones (excluding diaryl/α,β-unsaturated/α-hetero) is 1. The molecule has 0 amide bonds. The zero-order valence-corrected chi connectivity index (χ0v) is 23.3. The van der Waals surface area contributed by atoms with Gasteiger partial charge in [-0.05, 0) is 66.8 Å². The number of phenols is 1. The number of phenolic OH excluding ortho intramolecular Hbond substituents is 1. The molecule has 1 aliphatic heterocycles. The molecule has 0 unspecified atom stereocenters. The summed E-state index contributed by atoms with van der Waals surface area (Å²) in [7, 11) is 3.08. The minimum atomic E-state index is -0.687. The average Bonchev–Trinajstić information content (AvgIpc) is 2.99. The molecule has 0 saturated carbocycles. The van der Waals surface area contributed by atoms with Crippen LogP contribution in [0.5, 0.6) is 23.0 Å². The molecule has 2 aliphatic rings. The molecular formula is C33H33NO7. The van der Waals surface area contributed by atoms with Gasteiger partial charge in [0, 0.05) is 29.3 Å². The lowest BCUT2D eigenvalue weighted by molar-refractivity contribution is -0.140. The Morgan fingerprint density at radius 2 is 1.63 bits per heavy atom. The largest absolute Gasteiger partial charge is 0.504 e. The van der Waals surface area contributed by atoms with Crippen molar-refractivity contribution in [3.63, 3.8) is 0 Å². The van der Waals surface area contributed by atoms with Crippen LogP contribution in [-0.4, -0.2) is 44.3 Å². The monoisotopic (exact) mass is 555 g/mol. The first-order valence-electron chi connectivity index (χ1n) is 13.5. The number of methoxy groups -OCH3 is 2. The minimum absolute atomic E-state index is 0.0221. The molecule has 5 rings (SSSR count). The lowest BCUT2D eigenvalue weighted by Gasteiger charge is -2.36. The second-order valence-electron chi connectivity index (χ2n) is 10.0. The van der Waals surface area contributed by atoms with Crippen molar-refractivity contribution in [3.05, 3.63) is 106 Å². The Morgan fingerprint density at radius 1 is 0.902 bits per heavy atom. The van der Waals surface area contributed by atoms with Crippen molar-refractivity contribution in [3.8, 4) is 23.0 Å². The second-order valence-corrected chi connectivity index (χ2v) is 10.0. The van der Waals surface area contributed by atoms with E-state index >= 15 is 0 Å². The highest BCUT2D eigenvalue weighted by Gasteiger charge is 2.41. The van der Waals surface area contributed by atoms with Gasteiger partial charge in [-0.2, -0.15) is 0 Å². The number of hydrogen-bond donors (Lipinski definition) is 2. The molecule has 0 radical (unpaired) electrons. The molecule has 41 heavy (non-hydrogen) atoms. The first-order valence-corrected chi connectivity index (χ1v) is 13.5. The second kappa shape index (κ2) is 12.2. The number of rotatable bonds is 9. The summed E-state index contributed by atoms with van der Waals surface area (Å²) in [4.78, 5) is 27.4. The third-order valence-corrected chi connectivity index (χ3v) is 7.50. The van der Waals surface area contributed by atoms with Crippen molar-refractivity contribution in [2.45, 2.75) is 31.6 Å². The molecular weight excluding hydrogens is 522 g/mol. The van der Waals surface area contributed by atoms with Gasteiger partial charge in [0.2, 0.25) is 0 Å². The Labute approximate surface area is 239 Å². The number of benzene rings is 3. The molecule has 3 aromatic carbocycles. The molecule has 8 heteroatoms. The van der Waals surface area contributed by atoms with Gasteiger partial charge in [0.05, 0.1) is 19.8 Å². The van der Waals surface area contributed by atoms with Crippen LogP contribution in [0.25, 0.3) is 0 Å². The number of dihydropyridines is 1. The number of ketones is 1. The molecule has 212 valence electrons. The predicted octanol–water partition coefficient (Wildman–Crippen LogP) is 5.39. The topological polar surface area (TPSA) is 103 Å². The van der Waals surface area contributed by atoms with E-state index in [4.69, 9.17) is 18.9 Å². The molecule has 0 bridgehead atoms. The molecule has 3 aromatic rings. The van der Waals surface area contributed by atoms with Crippen LogP contribution in [0.15, 0.2) is 95.3 Å². The smallest absolute Gasteiger partial charge is 0.336 e. The number of para-hydroxylation sites is 1. The number of aromatic hydroxyl groups is 1. The summed E-state index contributed by atoms with van der Waals surface area (Å²) < 4.78 is 22.0. The zero-order valence-electron chi connectivity index (χ0n) is 23.3. The highest BCUT2D eigenvalue weighted by Crippen LogP contribution is 2.47. The van der Waals surface area contributed by atoms with Gasteiger partial charge < -0.3 is 29.4 Å². The van der Waals surface area contributed by atoms with Crippen LogP contribution in [-0.2, 0) is 14.3 Å². The molecule has 2 N–H and O–H groups in total. The van der Waals surface area contributed by atoms with E-state index in [-0.39, 0.29) is 36.4 Å². The van der Waals surface area contributed by atoms with Gasteiger partial charge >= 0.3 is 5.97 Å². The zero-order chi connectivity index (χ0) is 28.9. The molecule has 0 fully saturated rings. The van der Waals surface area contributed by atoms with Crippen molar-refractivity contribution in [2.24, 2.45) is 0 Å². The molecule has 1 aliphatic carbocycles. The van der Waals surface area contributed by atoms with Gasteiger partial charge in [0.1, 0.15) is 24.7 Å². The van der Waals surface area contributed by atoms with E-state index in [2.05, 4.69) is 5.32 Å². The van der Waals surface area contributed by atoms with Crippen LogP contribution < -0.4 is 19.5 Å². The Morgan fingerprint density at radius 3 is 2.34 bits per heavy atom. The quantitative estimate of drug-likeness (QED) is 0.268. The van der Waals surface area contributed by atoms with Gasteiger partial charge in [-0.1, -0.05) is 36.4 Å². The van der Waals surface area contributed by atoms with Crippen molar-refractivity contribution in [1.29, 1.82) is 0 Å². The van der Waals surface area contributed by atoms with Gasteiger partial charge in [0.15, 0.2) is 17.3 Å². The highest BCUT2D eigenvalue weighted by atomic mass is 16.6. The number of ether oxygens (including phenoxy) is 4. The van der Waals surface area contributed by atoms with Gasteiger partial charge in [0.25, 0.3) is 0 Å². The maximum absolute atomic E-state index is 13.8. The average molecular weight is 556 g/mol. The fraction of sp³-hybridized carbons (Fsp3) is 0.273. The lowest BCUT2D eigenvalue weighted by atomic mass is 9.71. The van der Waals surface area contributed by atoms with Crippen molar-refractivity contribution in [2.75, 3.05) is 27.4 Å². The molecule has 1 heterocycles. The van der Waals surface area contributed by atoms with Crippen LogP contribution in [0.2, 0.25) is 0 Å². The number of allylic oxidation sites excluding steroid dienone is 3. The third kappa shape index (κ3) is 5.91. The van der Waals surface area contributed by atoms with Crippen LogP contribution >= 0.6 is 0 Å². The summed E-state index contributed by atoms with van der Waals surface area (Å²) in [5, 5.41) is 13.6. The van der Waals surface area contributed by atoms with E-state index < -0.39 is 11.9 Å². The number of carbonyl (C=O) groups is 2. The summed E-state index contributed by atoms with van der Waals surface area (Å²) >= 11 is 0. The number of esters is 1. The normalized spacial score (nSPS) is 18.4. The van der Waals surface area contributed by atoms with Gasteiger partial charge in [-0.15, -0.1) is 0 Å². The maximum Gasteiger partial charge on any atom is 0.336 e. The fourth-order valence-corrected chi connectivity index (χ4v) is 5.52.